The number of ether oxygens (including phenoxy) is 3. The SMILES string of the molecule is CCCCCC(C)C1CC(C(=O)NC2CCC(Oc3ccc(C#N)c(Cl)c3)CC2)NNC1N1CCC(CN2CC(Oc3ccc(C4=N[C@H](CC5NCCO5)C5NNC(C)N5C5SC(C)C(C)C45)cc3)C2)CC1. The maximum Gasteiger partial charge on any atom is 0.238 e. The molecule has 0 spiro atoms. The summed E-state index contributed by atoms with van der Waals surface area (Å²) < 4.78 is 18.9. The first kappa shape index (κ1) is 52.4. The summed E-state index contributed by atoms with van der Waals surface area (Å²) in [6.45, 7) is 18.6. The molecule has 2 aromatic carbocycles. The molecule has 72 heavy (non-hydrogen) atoms. The van der Waals surface area contributed by atoms with Gasteiger partial charge in [-0.25, -0.2) is 21.7 Å². The molecule has 1 amide bonds. The summed E-state index contributed by atoms with van der Waals surface area (Å²) in [6.07, 6.45) is 13.2. The number of hydrazine groups is 2. The lowest BCUT2D eigenvalue weighted by Crippen LogP contribution is -2.67. The Labute approximate surface area is 438 Å². The number of halogens is 1. The maximum absolute atomic E-state index is 13.9. The fraction of sp³-hybridized carbons (Fsp3) is 0.727. The van der Waals surface area contributed by atoms with Crippen LogP contribution in [-0.4, -0.2) is 138 Å². The molecule has 12 atom stereocenters. The van der Waals surface area contributed by atoms with Crippen molar-refractivity contribution in [1.82, 2.24) is 47.0 Å². The Morgan fingerprint density at radius 3 is 2.43 bits per heavy atom. The fourth-order valence-corrected chi connectivity index (χ4v) is 15.3. The lowest BCUT2D eigenvalue weighted by atomic mass is 9.80. The molecule has 17 heteroatoms. The monoisotopic (exact) mass is 1030 g/mol. The van der Waals surface area contributed by atoms with E-state index < -0.39 is 0 Å². The number of fused-ring (bicyclic) bond motifs is 3. The Morgan fingerprint density at radius 2 is 1.71 bits per heavy atom. The summed E-state index contributed by atoms with van der Waals surface area (Å²) in [5.41, 5.74) is 17.3. The van der Waals surface area contributed by atoms with Crippen LogP contribution in [0.4, 0.5) is 0 Å². The number of carbonyl (C=O) groups excluding carboxylic acids is 1. The zero-order valence-electron chi connectivity index (χ0n) is 43.4. The number of likely N-dealkylation sites (tertiary alicyclic amines) is 2. The van der Waals surface area contributed by atoms with E-state index in [0.717, 1.165) is 90.1 Å². The number of rotatable bonds is 17. The van der Waals surface area contributed by atoms with Gasteiger partial charge in [0.25, 0.3) is 0 Å². The van der Waals surface area contributed by atoms with Crippen LogP contribution in [0.3, 0.4) is 0 Å². The van der Waals surface area contributed by atoms with Crippen molar-refractivity contribution in [2.75, 3.05) is 45.9 Å². The summed E-state index contributed by atoms with van der Waals surface area (Å²) in [5.74, 6) is 4.13. The molecule has 0 radical (unpaired) electrons. The van der Waals surface area contributed by atoms with Crippen molar-refractivity contribution in [1.29, 1.82) is 5.26 Å². The van der Waals surface area contributed by atoms with Gasteiger partial charge in [0.05, 0.1) is 53.2 Å². The number of thioether (sulfide) groups is 1. The molecule has 394 valence electrons. The first-order valence-electron chi connectivity index (χ1n) is 27.8. The number of benzene rings is 2. The first-order chi connectivity index (χ1) is 35.0. The summed E-state index contributed by atoms with van der Waals surface area (Å²) in [5, 5.41) is 17.4. The quantitative estimate of drug-likeness (QED) is 0.0916. The van der Waals surface area contributed by atoms with Gasteiger partial charge in [-0.2, -0.15) is 5.26 Å². The van der Waals surface area contributed by atoms with Crippen LogP contribution in [0.15, 0.2) is 47.5 Å². The van der Waals surface area contributed by atoms with E-state index >= 15 is 0 Å². The third-order valence-electron chi connectivity index (χ3n) is 17.7. The fourth-order valence-electron chi connectivity index (χ4n) is 13.2. The van der Waals surface area contributed by atoms with E-state index in [2.05, 4.69) is 124 Å². The van der Waals surface area contributed by atoms with Gasteiger partial charge in [0, 0.05) is 61.6 Å². The molecule has 0 bridgehead atoms. The molecule has 1 aliphatic carbocycles. The van der Waals surface area contributed by atoms with Crippen LogP contribution < -0.4 is 41.8 Å². The highest BCUT2D eigenvalue weighted by molar-refractivity contribution is 8.00. The Kier molecular flexibility index (Phi) is 17.4. The third-order valence-corrected chi connectivity index (χ3v) is 19.6. The zero-order valence-corrected chi connectivity index (χ0v) is 44.9. The number of carbonyl (C=O) groups is 1. The molecule has 0 aromatic heterocycles. The number of nitriles is 1. The van der Waals surface area contributed by atoms with Gasteiger partial charge in [-0.05, 0) is 131 Å². The lowest BCUT2D eigenvalue weighted by molar-refractivity contribution is -0.127. The first-order valence-corrected chi connectivity index (χ1v) is 29.1. The molecule has 15 nitrogen and oxygen atoms in total. The van der Waals surface area contributed by atoms with Crippen LogP contribution >= 0.6 is 23.4 Å². The van der Waals surface area contributed by atoms with Gasteiger partial charge in [0.2, 0.25) is 5.91 Å². The Bertz CT molecular complexity index is 2190. The minimum Gasteiger partial charge on any atom is -0.490 e. The number of nitrogens with zero attached hydrogens (tertiary/aromatic N) is 5. The van der Waals surface area contributed by atoms with Crippen molar-refractivity contribution >= 4 is 35.0 Å². The molecule has 1 saturated carbocycles. The normalized spacial score (nSPS) is 35.3. The van der Waals surface area contributed by atoms with Crippen LogP contribution in [0, 0.1) is 40.9 Å². The number of aliphatic imine (C=N–C) groups is 1. The second kappa shape index (κ2) is 23.9. The average molecular weight is 1030 g/mol. The van der Waals surface area contributed by atoms with Gasteiger partial charge in [-0.1, -0.05) is 65.0 Å². The molecular weight excluding hydrogens is 946 g/mol. The smallest absolute Gasteiger partial charge is 0.238 e. The molecule has 7 fully saturated rings. The molecular formula is C55H82ClN11O4S. The Morgan fingerprint density at radius 1 is 0.958 bits per heavy atom. The van der Waals surface area contributed by atoms with E-state index in [4.69, 9.17) is 30.8 Å². The third kappa shape index (κ3) is 12.0. The van der Waals surface area contributed by atoms with Crippen LogP contribution in [0.1, 0.15) is 123 Å². The van der Waals surface area contributed by atoms with Crippen molar-refractivity contribution < 1.29 is 19.0 Å². The molecule has 10 rings (SSSR count). The molecule has 2 aromatic rings. The predicted molar refractivity (Wildman–Crippen MR) is 285 cm³/mol. The summed E-state index contributed by atoms with van der Waals surface area (Å²) in [7, 11) is 0. The minimum atomic E-state index is -0.264. The van der Waals surface area contributed by atoms with Crippen molar-refractivity contribution in [2.24, 2.45) is 34.6 Å². The zero-order chi connectivity index (χ0) is 49.9. The molecule has 7 aliphatic heterocycles. The molecule has 6 saturated heterocycles. The second-order valence-corrected chi connectivity index (χ2v) is 24.5. The van der Waals surface area contributed by atoms with Gasteiger partial charge in [-0.3, -0.25) is 29.8 Å². The summed E-state index contributed by atoms with van der Waals surface area (Å²) in [4.78, 5) is 27.4. The molecule has 8 aliphatic rings. The highest BCUT2D eigenvalue weighted by atomic mass is 35.5. The summed E-state index contributed by atoms with van der Waals surface area (Å²) >= 11 is 8.35. The van der Waals surface area contributed by atoms with Gasteiger partial charge in [0.1, 0.15) is 35.9 Å². The van der Waals surface area contributed by atoms with Crippen LogP contribution in [-0.2, 0) is 9.53 Å². The van der Waals surface area contributed by atoms with E-state index in [9.17, 15) is 10.1 Å². The van der Waals surface area contributed by atoms with E-state index in [1.54, 1.807) is 12.1 Å². The number of unbranched alkanes of at least 4 members (excludes halogenated alkanes) is 2. The highest BCUT2D eigenvalue weighted by Crippen LogP contribution is 2.49. The predicted octanol–water partition coefficient (Wildman–Crippen LogP) is 6.82. The van der Waals surface area contributed by atoms with Crippen LogP contribution in [0.5, 0.6) is 11.5 Å². The topological polar surface area (TPSA) is 163 Å². The van der Waals surface area contributed by atoms with Crippen molar-refractivity contribution in [3.05, 3.63) is 58.6 Å². The average Bonchev–Trinajstić information content (AvgIpc) is 4.09. The molecule has 6 N–H and O–H groups in total. The lowest BCUT2D eigenvalue weighted by Gasteiger charge is -2.48. The number of hydrogen-bond donors (Lipinski definition) is 6. The number of amides is 1. The molecule has 11 unspecified atom stereocenters. The van der Waals surface area contributed by atoms with Gasteiger partial charge in [0.15, 0.2) is 0 Å². The Balaban J connectivity index is 0.685. The minimum absolute atomic E-state index is 0.0249. The van der Waals surface area contributed by atoms with Crippen molar-refractivity contribution in [3.63, 3.8) is 0 Å². The van der Waals surface area contributed by atoms with Crippen molar-refractivity contribution in [2.45, 2.75) is 177 Å². The standard InChI is InChI=1S/C55H82ClN11O4S/c1-6-7-8-9-33(2)45-27-48(54(68)59-40-13-18-42(19-14-40)70-43-17-12-39(29-57)46(56)26-43)62-63-52(45)66-23-20-37(21-24-66)30-65-31-44(32-65)71-41-15-10-38(11-16-41)51-50-34(3)35(4)72-55(50)67-36(5)61-64-53(67)47(60-51)28-49-58-22-25-69-49/h10-12,15-17,26,33-37,40,42,44-45,47-50,52-53,55,58,61-64H,6-9,13-14,18-25,27-28,30-32H2,1-5H3,(H,59,68)/t33?,34?,35?,36?,40?,42?,45?,47-,48?,49?,50?,52?,53?,55?/m1/s1. The van der Waals surface area contributed by atoms with Gasteiger partial charge < -0.3 is 19.5 Å². The summed E-state index contributed by atoms with van der Waals surface area (Å²) in [6, 6.07) is 16.1. The van der Waals surface area contributed by atoms with E-state index in [-0.39, 0.29) is 61.0 Å². The number of piperidine rings is 1. The van der Waals surface area contributed by atoms with E-state index in [1.807, 2.05) is 6.07 Å². The van der Waals surface area contributed by atoms with E-state index in [0.29, 0.717) is 56.5 Å². The number of hydrogen-bond acceptors (Lipinski definition) is 15. The largest absolute Gasteiger partial charge is 0.490 e. The van der Waals surface area contributed by atoms with Crippen molar-refractivity contribution in [3.8, 4) is 17.6 Å². The maximum atomic E-state index is 13.9. The van der Waals surface area contributed by atoms with E-state index in [1.165, 1.54) is 49.8 Å². The van der Waals surface area contributed by atoms with Crippen LogP contribution in [0.2, 0.25) is 5.02 Å². The Hall–Kier alpha value is -3.05. The molecule has 7 heterocycles. The highest BCUT2D eigenvalue weighted by Gasteiger charge is 2.53. The van der Waals surface area contributed by atoms with Gasteiger partial charge in [-0.15, -0.1) is 11.8 Å². The van der Waals surface area contributed by atoms with Gasteiger partial charge >= 0.3 is 0 Å². The van der Waals surface area contributed by atoms with Crippen LogP contribution in [0.25, 0.3) is 0 Å². The second-order valence-electron chi connectivity index (χ2n) is 22.6. The number of nitrogens with one attached hydrogen (secondary N) is 6.